The maximum Gasteiger partial charge on any atom is 2.00 e. The summed E-state index contributed by atoms with van der Waals surface area (Å²) in [5, 5.41) is 0. The molecule has 4 nitrogen and oxygen atoms in total. The Bertz CT molecular complexity index is 580. The van der Waals surface area contributed by atoms with Crippen LogP contribution in [0.1, 0.15) is 63.2 Å². The average molecular weight is 567 g/mol. The van der Waals surface area contributed by atoms with Gasteiger partial charge in [-0.05, 0) is 27.7 Å². The minimum Gasteiger partial charge on any atom is -0.358 e. The number of aromatic nitrogens is 4. The van der Waals surface area contributed by atoms with Gasteiger partial charge in [0.1, 0.15) is 11.6 Å². The van der Waals surface area contributed by atoms with Crippen LogP contribution in [0.15, 0.2) is 36.7 Å². The van der Waals surface area contributed by atoms with E-state index in [0.717, 1.165) is 29.5 Å². The second-order valence-electron chi connectivity index (χ2n) is 5.04. The van der Waals surface area contributed by atoms with Gasteiger partial charge in [0, 0.05) is 32.2 Å². The van der Waals surface area contributed by atoms with E-state index in [0.29, 0.717) is 0 Å². The van der Waals surface area contributed by atoms with Crippen molar-refractivity contribution in [1.29, 1.82) is 0 Å². The summed E-state index contributed by atoms with van der Waals surface area (Å²) in [6.07, 6.45) is 4.71. The Kier molecular flexibility index (Phi) is 34.6. The number of aryl methyl sites for hydroxylation is 5. The molecule has 3 aromatic rings. The molecule has 2 aromatic heterocycles. The first-order chi connectivity index (χ1) is 12.5. The van der Waals surface area contributed by atoms with Gasteiger partial charge in [-0.2, -0.15) is 35.9 Å². The Morgan fingerprint density at radius 1 is 0.828 bits per heavy atom. The zero-order chi connectivity index (χ0) is 20.4. The second-order valence-corrected chi connectivity index (χ2v) is 5.04. The van der Waals surface area contributed by atoms with Crippen molar-refractivity contribution < 1.29 is 21.1 Å². The number of nitrogens with zero attached hydrogens (tertiary/aromatic N) is 2. The second kappa shape index (κ2) is 26.4. The zero-order valence-electron chi connectivity index (χ0n) is 20.1. The Balaban J connectivity index is -0.0000000873. The van der Waals surface area contributed by atoms with E-state index in [1.165, 1.54) is 5.56 Å². The van der Waals surface area contributed by atoms with Gasteiger partial charge >= 0.3 is 21.1 Å². The molecule has 0 aliphatic rings. The standard InChI is InChI=1S/C8H9.2C5H8N2.2C2H6.CH3.B.W/c1-2-8-6-4-3-5-7-8;2*1-4-3-6-5(2)7-4;2*1-2;;;/h3-6H,2H2,1H3;2*3H,1-2H3,(H,6,7);2*1-2H3;1H3;;/q-1;;;;;-1;;+2. The third-order valence-corrected chi connectivity index (χ3v) is 2.81. The topological polar surface area (TPSA) is 57.4 Å². The van der Waals surface area contributed by atoms with E-state index in [1.54, 1.807) is 0 Å². The normalized spacial score (nSPS) is 7.48. The molecule has 0 aliphatic heterocycles. The van der Waals surface area contributed by atoms with Crippen LogP contribution >= 0.6 is 0 Å². The molecular weight excluding hydrogens is 527 g/mol. The summed E-state index contributed by atoms with van der Waals surface area (Å²) < 4.78 is 0. The van der Waals surface area contributed by atoms with E-state index in [1.807, 2.05) is 86.0 Å². The van der Waals surface area contributed by atoms with Crippen LogP contribution in [0.5, 0.6) is 0 Å². The van der Waals surface area contributed by atoms with Gasteiger partial charge in [0.2, 0.25) is 0 Å². The molecule has 161 valence electrons. The van der Waals surface area contributed by atoms with Gasteiger partial charge in [-0.15, -0.1) is 0 Å². The molecule has 0 bridgehead atoms. The van der Waals surface area contributed by atoms with Gasteiger partial charge in [0.05, 0.1) is 0 Å². The number of rotatable bonds is 1. The van der Waals surface area contributed by atoms with Crippen LogP contribution in [0.4, 0.5) is 0 Å². The van der Waals surface area contributed by atoms with Gasteiger partial charge in [-0.3, -0.25) is 0 Å². The van der Waals surface area contributed by atoms with Crippen LogP contribution in [-0.2, 0) is 27.5 Å². The largest absolute Gasteiger partial charge is 2.00 e. The molecule has 0 spiro atoms. The molecule has 29 heavy (non-hydrogen) atoms. The SMILES string of the molecule is CC.CC.CCc1[c-]cccc1.Cc1cnc(C)[nH]1.Cc1cnc(C)[nH]1.[B].[CH3-].[W+2]. The Hall–Kier alpha value is -1.61. The summed E-state index contributed by atoms with van der Waals surface area (Å²) in [5.74, 6) is 1.97. The molecule has 6 heteroatoms. The number of H-pyrrole nitrogens is 2. The van der Waals surface area contributed by atoms with E-state index in [9.17, 15) is 0 Å². The summed E-state index contributed by atoms with van der Waals surface area (Å²) in [6, 6.07) is 11.2. The minimum atomic E-state index is 0. The van der Waals surface area contributed by atoms with Crippen LogP contribution in [0.2, 0.25) is 0 Å². The van der Waals surface area contributed by atoms with Crippen LogP contribution in [0.25, 0.3) is 0 Å². The summed E-state index contributed by atoms with van der Waals surface area (Å²) >= 11 is 0. The number of imidazole rings is 2. The van der Waals surface area contributed by atoms with Crippen molar-refractivity contribution in [3.05, 3.63) is 78.8 Å². The predicted molar refractivity (Wildman–Crippen MR) is 126 cm³/mol. The summed E-state index contributed by atoms with van der Waals surface area (Å²) in [5.41, 5.74) is 3.53. The van der Waals surface area contributed by atoms with E-state index >= 15 is 0 Å². The average Bonchev–Trinajstić information content (AvgIpc) is 3.26. The van der Waals surface area contributed by atoms with Gasteiger partial charge in [-0.1, -0.05) is 41.0 Å². The van der Waals surface area contributed by atoms with Crippen molar-refractivity contribution in [2.75, 3.05) is 0 Å². The van der Waals surface area contributed by atoms with E-state index in [-0.39, 0.29) is 36.9 Å². The number of hydrogen-bond donors (Lipinski definition) is 2. The Labute approximate surface area is 196 Å². The molecular formula is C23H40BN4W. The maximum absolute atomic E-state index is 3.96. The molecule has 3 radical (unpaired) electrons. The molecule has 0 amide bonds. The smallest absolute Gasteiger partial charge is 0.358 e. The van der Waals surface area contributed by atoms with Crippen molar-refractivity contribution in [2.24, 2.45) is 0 Å². The number of aromatic amines is 2. The van der Waals surface area contributed by atoms with Crippen molar-refractivity contribution in [3.8, 4) is 0 Å². The quantitative estimate of drug-likeness (QED) is 0.271. The number of nitrogens with one attached hydrogen (secondary N) is 2. The third-order valence-electron chi connectivity index (χ3n) is 2.81. The fourth-order valence-electron chi connectivity index (χ4n) is 1.74. The molecule has 0 atom stereocenters. The first kappa shape index (κ1) is 38.1. The minimum absolute atomic E-state index is 0. The summed E-state index contributed by atoms with van der Waals surface area (Å²) in [7, 11) is 0. The molecule has 2 N–H and O–H groups in total. The molecule has 1 aromatic carbocycles. The first-order valence-electron chi connectivity index (χ1n) is 9.43. The van der Waals surface area contributed by atoms with Crippen molar-refractivity contribution >= 4 is 8.41 Å². The molecule has 0 fully saturated rings. The van der Waals surface area contributed by atoms with Crippen LogP contribution in [0.3, 0.4) is 0 Å². The van der Waals surface area contributed by atoms with Gasteiger partial charge < -0.3 is 17.4 Å². The van der Waals surface area contributed by atoms with E-state index in [2.05, 4.69) is 39.0 Å². The summed E-state index contributed by atoms with van der Waals surface area (Å²) in [6.45, 7) is 18.0. The summed E-state index contributed by atoms with van der Waals surface area (Å²) in [4.78, 5) is 14.0. The van der Waals surface area contributed by atoms with Gasteiger partial charge in [0.25, 0.3) is 0 Å². The molecule has 0 aliphatic carbocycles. The van der Waals surface area contributed by atoms with Crippen molar-refractivity contribution in [3.63, 3.8) is 0 Å². The third kappa shape index (κ3) is 22.5. The monoisotopic (exact) mass is 567 g/mol. The van der Waals surface area contributed by atoms with Crippen LogP contribution in [0, 0.1) is 41.2 Å². The predicted octanol–water partition coefficient (Wildman–Crippen LogP) is 6.22. The number of hydrogen-bond acceptors (Lipinski definition) is 2. The molecule has 0 unspecified atom stereocenters. The van der Waals surface area contributed by atoms with Crippen LogP contribution < -0.4 is 0 Å². The zero-order valence-corrected chi connectivity index (χ0v) is 23.0. The first-order valence-corrected chi connectivity index (χ1v) is 9.43. The molecule has 2 heterocycles. The maximum atomic E-state index is 3.96. The Morgan fingerprint density at radius 2 is 1.24 bits per heavy atom. The molecule has 3 rings (SSSR count). The van der Waals surface area contributed by atoms with E-state index < -0.39 is 0 Å². The number of benzene rings is 1. The van der Waals surface area contributed by atoms with Gasteiger partial charge in [-0.25, -0.2) is 9.97 Å². The fraction of sp³-hybridized carbons (Fsp3) is 0.435. The van der Waals surface area contributed by atoms with Gasteiger partial charge in [0.15, 0.2) is 0 Å². The Morgan fingerprint density at radius 3 is 1.38 bits per heavy atom. The van der Waals surface area contributed by atoms with Crippen LogP contribution in [-0.4, -0.2) is 28.3 Å². The van der Waals surface area contributed by atoms with E-state index in [4.69, 9.17) is 0 Å². The molecule has 0 saturated carbocycles. The fourth-order valence-corrected chi connectivity index (χ4v) is 1.74. The van der Waals surface area contributed by atoms with Crippen molar-refractivity contribution in [1.82, 2.24) is 19.9 Å². The van der Waals surface area contributed by atoms with Crippen molar-refractivity contribution in [2.45, 2.75) is 68.7 Å². The molecule has 0 saturated heterocycles.